The normalized spacial score (nSPS) is 18.5. The minimum Gasteiger partial charge on any atom is -0.493 e. The Bertz CT molecular complexity index is 849. The largest absolute Gasteiger partial charge is 0.493 e. The van der Waals surface area contributed by atoms with Gasteiger partial charge < -0.3 is 4.74 Å². The summed E-state index contributed by atoms with van der Waals surface area (Å²) >= 11 is 0. The minimum absolute atomic E-state index is 0.0293. The lowest BCUT2D eigenvalue weighted by molar-refractivity contribution is -0.191. The number of fused-ring (bicyclic) bond motifs is 1. The van der Waals surface area contributed by atoms with Gasteiger partial charge in [-0.05, 0) is 37.3 Å². The predicted molar refractivity (Wildman–Crippen MR) is 97.2 cm³/mol. The van der Waals surface area contributed by atoms with Crippen LogP contribution in [0, 0.1) is 5.41 Å². The molecule has 1 saturated heterocycles. The van der Waals surface area contributed by atoms with Crippen molar-refractivity contribution in [2.45, 2.75) is 39.4 Å². The van der Waals surface area contributed by atoms with E-state index in [1.54, 1.807) is 44.2 Å². The van der Waals surface area contributed by atoms with Crippen LogP contribution in [0.5, 0.6) is 5.75 Å². The standard InChI is InChI=1S/C20H23F3N2O2/c1-4-11-27-16-10-9-15(13-7-5-6-8-14(13)16)17(20(21,22)23)25-12-19(2,3)18(26)24-25/h5-10,17H,4,11-12H2,1-3H3,(H,24,26)/t17-/m0/s1. The highest BCUT2D eigenvalue weighted by atomic mass is 19.4. The van der Waals surface area contributed by atoms with Crippen molar-refractivity contribution in [3.05, 3.63) is 42.0 Å². The number of hydrazine groups is 1. The number of amides is 1. The van der Waals surface area contributed by atoms with Crippen LogP contribution in [0.25, 0.3) is 10.8 Å². The van der Waals surface area contributed by atoms with Crippen molar-refractivity contribution in [2.24, 2.45) is 5.41 Å². The maximum atomic E-state index is 14.0. The lowest BCUT2D eigenvalue weighted by Gasteiger charge is -2.31. The van der Waals surface area contributed by atoms with Crippen LogP contribution in [0.4, 0.5) is 13.2 Å². The average Bonchev–Trinajstić information content (AvgIpc) is 2.85. The first kappa shape index (κ1) is 19.5. The zero-order valence-electron chi connectivity index (χ0n) is 15.6. The molecule has 0 unspecified atom stereocenters. The Balaban J connectivity index is 2.11. The summed E-state index contributed by atoms with van der Waals surface area (Å²) in [5, 5.41) is 2.09. The molecular formula is C20H23F3N2O2. The third kappa shape index (κ3) is 3.74. The number of benzene rings is 2. The molecule has 0 aliphatic carbocycles. The molecule has 3 rings (SSSR count). The van der Waals surface area contributed by atoms with Crippen LogP contribution in [-0.4, -0.2) is 30.2 Å². The van der Waals surface area contributed by atoms with Crippen molar-refractivity contribution in [1.29, 1.82) is 0 Å². The van der Waals surface area contributed by atoms with Gasteiger partial charge in [0.15, 0.2) is 6.04 Å². The highest BCUT2D eigenvalue weighted by molar-refractivity contribution is 5.91. The van der Waals surface area contributed by atoms with Gasteiger partial charge in [0.05, 0.1) is 12.0 Å². The fraction of sp³-hybridized carbons (Fsp3) is 0.450. The number of ether oxygens (including phenoxy) is 1. The molecule has 0 spiro atoms. The lowest BCUT2D eigenvalue weighted by Crippen LogP contribution is -2.43. The quantitative estimate of drug-likeness (QED) is 0.824. The van der Waals surface area contributed by atoms with Crippen LogP contribution >= 0.6 is 0 Å². The van der Waals surface area contributed by atoms with E-state index in [1.807, 2.05) is 6.92 Å². The van der Waals surface area contributed by atoms with Crippen molar-refractivity contribution in [3.8, 4) is 5.75 Å². The number of nitrogens with zero attached hydrogens (tertiary/aromatic N) is 1. The number of hydrogen-bond acceptors (Lipinski definition) is 3. The Labute approximate surface area is 156 Å². The number of nitrogens with one attached hydrogen (secondary N) is 1. The van der Waals surface area contributed by atoms with Gasteiger partial charge in [0.1, 0.15) is 5.75 Å². The molecule has 0 saturated carbocycles. The molecule has 1 aliphatic heterocycles. The molecular weight excluding hydrogens is 357 g/mol. The van der Waals surface area contributed by atoms with Crippen molar-refractivity contribution in [3.63, 3.8) is 0 Å². The Morgan fingerprint density at radius 2 is 1.85 bits per heavy atom. The molecule has 4 nitrogen and oxygen atoms in total. The fourth-order valence-corrected chi connectivity index (χ4v) is 3.37. The summed E-state index contributed by atoms with van der Waals surface area (Å²) in [7, 11) is 0. The van der Waals surface area contributed by atoms with Crippen LogP contribution < -0.4 is 10.2 Å². The zero-order chi connectivity index (χ0) is 19.8. The number of rotatable bonds is 5. The fourth-order valence-electron chi connectivity index (χ4n) is 3.37. The monoisotopic (exact) mass is 380 g/mol. The van der Waals surface area contributed by atoms with Gasteiger partial charge in [0.25, 0.3) is 0 Å². The first-order valence-electron chi connectivity index (χ1n) is 8.94. The van der Waals surface area contributed by atoms with E-state index in [1.165, 1.54) is 6.07 Å². The predicted octanol–water partition coefficient (Wildman–Crippen LogP) is 4.61. The molecule has 1 N–H and O–H groups in total. The number of alkyl halides is 3. The lowest BCUT2D eigenvalue weighted by atomic mass is 9.93. The van der Waals surface area contributed by atoms with E-state index in [2.05, 4.69) is 5.43 Å². The molecule has 0 bridgehead atoms. The SMILES string of the molecule is CCCOc1ccc([C@H](N2CC(C)(C)C(=O)N2)C(F)(F)F)c2ccccc12. The first-order chi connectivity index (χ1) is 12.6. The summed E-state index contributed by atoms with van der Waals surface area (Å²) in [6.07, 6.45) is -3.75. The maximum Gasteiger partial charge on any atom is 0.409 e. The van der Waals surface area contributed by atoms with Gasteiger partial charge in [-0.25, -0.2) is 5.01 Å². The summed E-state index contributed by atoms with van der Waals surface area (Å²) in [5.41, 5.74) is 1.62. The smallest absolute Gasteiger partial charge is 0.409 e. The van der Waals surface area contributed by atoms with Crippen LogP contribution in [-0.2, 0) is 4.79 Å². The molecule has 1 heterocycles. The second-order valence-corrected chi connectivity index (χ2v) is 7.44. The molecule has 7 heteroatoms. The van der Waals surface area contributed by atoms with Gasteiger partial charge in [-0.3, -0.25) is 10.2 Å². The molecule has 2 aromatic carbocycles. The third-order valence-corrected chi connectivity index (χ3v) is 4.72. The Morgan fingerprint density at radius 3 is 2.41 bits per heavy atom. The molecule has 1 atom stereocenters. The number of carbonyl (C=O) groups is 1. The Hall–Kier alpha value is -2.28. The Morgan fingerprint density at radius 1 is 1.19 bits per heavy atom. The van der Waals surface area contributed by atoms with E-state index in [9.17, 15) is 18.0 Å². The molecule has 1 aliphatic rings. The summed E-state index contributed by atoms with van der Waals surface area (Å²) in [4.78, 5) is 12.1. The summed E-state index contributed by atoms with van der Waals surface area (Å²) < 4.78 is 47.8. The van der Waals surface area contributed by atoms with Crippen molar-refractivity contribution < 1.29 is 22.7 Å². The molecule has 146 valence electrons. The van der Waals surface area contributed by atoms with Gasteiger partial charge in [0, 0.05) is 11.9 Å². The topological polar surface area (TPSA) is 41.6 Å². The van der Waals surface area contributed by atoms with Gasteiger partial charge in [-0.2, -0.15) is 13.2 Å². The molecule has 2 aromatic rings. The van der Waals surface area contributed by atoms with Crippen molar-refractivity contribution in [1.82, 2.24) is 10.4 Å². The van der Waals surface area contributed by atoms with E-state index in [-0.39, 0.29) is 12.1 Å². The first-order valence-corrected chi connectivity index (χ1v) is 8.94. The zero-order valence-corrected chi connectivity index (χ0v) is 15.6. The number of hydrogen-bond donors (Lipinski definition) is 1. The van der Waals surface area contributed by atoms with Crippen molar-refractivity contribution >= 4 is 16.7 Å². The van der Waals surface area contributed by atoms with E-state index in [0.717, 1.165) is 11.4 Å². The van der Waals surface area contributed by atoms with Gasteiger partial charge in [-0.1, -0.05) is 37.3 Å². The minimum atomic E-state index is -4.55. The van der Waals surface area contributed by atoms with Crippen LogP contribution in [0.1, 0.15) is 38.8 Å². The van der Waals surface area contributed by atoms with E-state index in [0.29, 0.717) is 23.1 Å². The van der Waals surface area contributed by atoms with Crippen LogP contribution in [0.15, 0.2) is 36.4 Å². The molecule has 1 fully saturated rings. The highest BCUT2D eigenvalue weighted by Gasteiger charge is 2.51. The Kier molecular flexibility index (Phi) is 5.08. The molecule has 0 aromatic heterocycles. The van der Waals surface area contributed by atoms with Gasteiger partial charge in [-0.15, -0.1) is 0 Å². The van der Waals surface area contributed by atoms with Crippen LogP contribution in [0.3, 0.4) is 0 Å². The summed E-state index contributed by atoms with van der Waals surface area (Å²) in [6.45, 7) is 5.69. The molecule has 0 radical (unpaired) electrons. The second kappa shape index (κ2) is 7.03. The maximum absolute atomic E-state index is 14.0. The third-order valence-electron chi connectivity index (χ3n) is 4.72. The average molecular weight is 380 g/mol. The van der Waals surface area contributed by atoms with Crippen LogP contribution in [0.2, 0.25) is 0 Å². The number of carbonyl (C=O) groups excluding carboxylic acids is 1. The van der Waals surface area contributed by atoms with E-state index >= 15 is 0 Å². The summed E-state index contributed by atoms with van der Waals surface area (Å²) in [6, 6.07) is 7.98. The summed E-state index contributed by atoms with van der Waals surface area (Å²) in [5.74, 6) is 0.145. The highest BCUT2D eigenvalue weighted by Crippen LogP contribution is 2.44. The second-order valence-electron chi connectivity index (χ2n) is 7.44. The van der Waals surface area contributed by atoms with Gasteiger partial charge >= 0.3 is 6.18 Å². The van der Waals surface area contributed by atoms with Crippen molar-refractivity contribution in [2.75, 3.05) is 13.2 Å². The number of halogens is 3. The van der Waals surface area contributed by atoms with E-state index < -0.39 is 23.5 Å². The molecule has 1 amide bonds. The van der Waals surface area contributed by atoms with E-state index in [4.69, 9.17) is 4.74 Å². The molecule has 27 heavy (non-hydrogen) atoms. The van der Waals surface area contributed by atoms with Gasteiger partial charge in [0.2, 0.25) is 5.91 Å².